The molecule has 2 aromatic heterocycles. The van der Waals surface area contributed by atoms with Crippen LogP contribution in [0.15, 0.2) is 22.7 Å². The third-order valence-electron chi connectivity index (χ3n) is 2.96. The van der Waals surface area contributed by atoms with Crippen molar-refractivity contribution in [2.24, 2.45) is 0 Å². The van der Waals surface area contributed by atoms with E-state index in [1.807, 2.05) is 29.7 Å². The van der Waals surface area contributed by atoms with E-state index in [-0.39, 0.29) is 5.38 Å². The van der Waals surface area contributed by atoms with Crippen molar-refractivity contribution in [2.75, 3.05) is 0 Å². The topological polar surface area (TPSA) is 56.7 Å². The van der Waals surface area contributed by atoms with E-state index in [9.17, 15) is 0 Å². The van der Waals surface area contributed by atoms with Crippen LogP contribution in [0.3, 0.4) is 0 Å². The number of halogens is 2. The molecular formula is C13H12Cl2N4O. The summed E-state index contributed by atoms with van der Waals surface area (Å²) in [5, 5.41) is 4.33. The fourth-order valence-electron chi connectivity index (χ4n) is 2.13. The molecule has 0 aliphatic carbocycles. The van der Waals surface area contributed by atoms with Gasteiger partial charge in [-0.05, 0) is 25.1 Å². The lowest BCUT2D eigenvalue weighted by atomic mass is 10.3. The lowest BCUT2D eigenvalue weighted by Gasteiger charge is -2.08. The molecule has 0 bridgehead atoms. The van der Waals surface area contributed by atoms with Gasteiger partial charge in [0, 0.05) is 11.9 Å². The maximum absolute atomic E-state index is 6.21. The smallest absolute Gasteiger partial charge is 0.223 e. The van der Waals surface area contributed by atoms with Crippen LogP contribution in [0.1, 0.15) is 29.8 Å². The number of aryl methyl sites for hydroxylation is 1. The Morgan fingerprint density at radius 2 is 2.15 bits per heavy atom. The Labute approximate surface area is 125 Å². The Kier molecular flexibility index (Phi) is 3.40. The zero-order valence-corrected chi connectivity index (χ0v) is 12.5. The number of hydrogen-bond donors (Lipinski definition) is 0. The predicted molar refractivity (Wildman–Crippen MR) is 77.1 cm³/mol. The number of nitrogens with zero attached hydrogens (tertiary/aromatic N) is 4. The van der Waals surface area contributed by atoms with Crippen molar-refractivity contribution in [1.29, 1.82) is 0 Å². The molecule has 2 heterocycles. The van der Waals surface area contributed by atoms with Gasteiger partial charge in [-0.2, -0.15) is 4.98 Å². The molecule has 0 amide bonds. The van der Waals surface area contributed by atoms with Gasteiger partial charge in [-0.1, -0.05) is 16.8 Å². The van der Waals surface area contributed by atoms with Crippen LogP contribution in [-0.4, -0.2) is 19.7 Å². The molecule has 20 heavy (non-hydrogen) atoms. The second kappa shape index (κ2) is 5.07. The van der Waals surface area contributed by atoms with Crippen molar-refractivity contribution in [1.82, 2.24) is 19.7 Å². The summed E-state index contributed by atoms with van der Waals surface area (Å²) in [7, 11) is 0. The number of benzene rings is 1. The Balaban J connectivity index is 2.15. The van der Waals surface area contributed by atoms with Crippen molar-refractivity contribution in [3.8, 4) is 0 Å². The molecule has 7 heteroatoms. The van der Waals surface area contributed by atoms with E-state index in [0.717, 1.165) is 16.9 Å². The monoisotopic (exact) mass is 310 g/mol. The summed E-state index contributed by atoms with van der Waals surface area (Å²) >= 11 is 12.3. The molecule has 0 radical (unpaired) electrons. The first-order chi connectivity index (χ1) is 9.54. The Morgan fingerprint density at radius 3 is 2.80 bits per heavy atom. The van der Waals surface area contributed by atoms with Crippen molar-refractivity contribution < 1.29 is 4.52 Å². The van der Waals surface area contributed by atoms with Gasteiger partial charge >= 0.3 is 0 Å². The van der Waals surface area contributed by atoms with Crippen molar-refractivity contribution in [3.63, 3.8) is 0 Å². The van der Waals surface area contributed by atoms with Crippen LogP contribution in [0.2, 0.25) is 5.02 Å². The first kappa shape index (κ1) is 13.4. The third kappa shape index (κ3) is 2.39. The highest BCUT2D eigenvalue weighted by atomic mass is 35.5. The van der Waals surface area contributed by atoms with Crippen LogP contribution in [0, 0.1) is 6.92 Å². The summed E-state index contributed by atoms with van der Waals surface area (Å²) < 4.78 is 6.96. The van der Waals surface area contributed by atoms with Gasteiger partial charge in [0.15, 0.2) is 5.82 Å². The third-order valence-corrected chi connectivity index (χ3v) is 3.40. The second-order valence-electron chi connectivity index (χ2n) is 4.53. The molecule has 1 unspecified atom stereocenters. The molecule has 0 saturated heterocycles. The SMILES string of the molecule is Cc1nc(Cn2c(C(C)Cl)nc3ccc(Cl)cc32)no1. The number of aromatic nitrogens is 4. The van der Waals surface area contributed by atoms with Crippen LogP contribution >= 0.6 is 23.2 Å². The molecule has 1 aromatic carbocycles. The van der Waals surface area contributed by atoms with E-state index in [1.54, 1.807) is 6.92 Å². The van der Waals surface area contributed by atoms with Gasteiger partial charge in [0.25, 0.3) is 0 Å². The van der Waals surface area contributed by atoms with Crippen LogP contribution in [0.5, 0.6) is 0 Å². The van der Waals surface area contributed by atoms with Gasteiger partial charge in [-0.25, -0.2) is 4.98 Å². The zero-order chi connectivity index (χ0) is 14.3. The minimum absolute atomic E-state index is 0.228. The summed E-state index contributed by atoms with van der Waals surface area (Å²) in [4.78, 5) is 8.76. The molecule has 0 aliphatic rings. The van der Waals surface area contributed by atoms with E-state index in [4.69, 9.17) is 27.7 Å². The van der Waals surface area contributed by atoms with E-state index in [0.29, 0.717) is 23.3 Å². The maximum Gasteiger partial charge on any atom is 0.223 e. The predicted octanol–water partition coefficient (Wildman–Crippen LogP) is 3.73. The fraction of sp³-hybridized carbons (Fsp3) is 0.308. The molecule has 0 saturated carbocycles. The zero-order valence-electron chi connectivity index (χ0n) is 11.0. The second-order valence-corrected chi connectivity index (χ2v) is 5.63. The number of imidazole rings is 1. The van der Waals surface area contributed by atoms with Crippen LogP contribution in [0.25, 0.3) is 11.0 Å². The Bertz CT molecular complexity index is 763. The molecule has 104 valence electrons. The summed E-state index contributed by atoms with van der Waals surface area (Å²) in [6.07, 6.45) is 0. The summed E-state index contributed by atoms with van der Waals surface area (Å²) in [6, 6.07) is 5.54. The molecule has 3 rings (SSSR count). The molecule has 0 aliphatic heterocycles. The van der Waals surface area contributed by atoms with Crippen LogP contribution in [-0.2, 0) is 6.54 Å². The average molecular weight is 311 g/mol. The molecule has 3 aromatic rings. The van der Waals surface area contributed by atoms with E-state index in [1.165, 1.54) is 0 Å². The van der Waals surface area contributed by atoms with E-state index < -0.39 is 0 Å². The summed E-state index contributed by atoms with van der Waals surface area (Å²) in [6.45, 7) is 4.08. The van der Waals surface area contributed by atoms with Crippen LogP contribution in [0.4, 0.5) is 0 Å². The fourth-order valence-corrected chi connectivity index (χ4v) is 2.46. The molecule has 0 fully saturated rings. The largest absolute Gasteiger partial charge is 0.340 e. The quantitative estimate of drug-likeness (QED) is 0.692. The number of hydrogen-bond acceptors (Lipinski definition) is 4. The van der Waals surface area contributed by atoms with Gasteiger partial charge in [0.2, 0.25) is 5.89 Å². The number of fused-ring (bicyclic) bond motifs is 1. The first-order valence-corrected chi connectivity index (χ1v) is 6.95. The average Bonchev–Trinajstić information content (AvgIpc) is 2.95. The van der Waals surface area contributed by atoms with E-state index in [2.05, 4.69) is 15.1 Å². The van der Waals surface area contributed by atoms with Gasteiger partial charge in [-0.3, -0.25) is 0 Å². The summed E-state index contributed by atoms with van der Waals surface area (Å²) in [5.74, 6) is 1.87. The van der Waals surface area contributed by atoms with Gasteiger partial charge in [-0.15, -0.1) is 11.6 Å². The lowest BCUT2D eigenvalue weighted by molar-refractivity contribution is 0.386. The van der Waals surface area contributed by atoms with Gasteiger partial charge in [0.05, 0.1) is 23.0 Å². The minimum Gasteiger partial charge on any atom is -0.340 e. The standard InChI is InChI=1S/C13H12Cl2N4O/c1-7(14)13-17-10-4-3-9(15)5-11(10)19(13)6-12-16-8(2)20-18-12/h3-5,7H,6H2,1-2H3. The highest BCUT2D eigenvalue weighted by Gasteiger charge is 2.17. The first-order valence-electron chi connectivity index (χ1n) is 6.13. The molecule has 1 atom stereocenters. The number of alkyl halides is 1. The molecular weight excluding hydrogens is 299 g/mol. The highest BCUT2D eigenvalue weighted by Crippen LogP contribution is 2.27. The molecule has 0 N–H and O–H groups in total. The van der Waals surface area contributed by atoms with Crippen LogP contribution < -0.4 is 0 Å². The van der Waals surface area contributed by atoms with Gasteiger partial charge in [0.1, 0.15) is 5.82 Å². The Hall–Kier alpha value is -1.59. The van der Waals surface area contributed by atoms with Crippen molar-refractivity contribution in [2.45, 2.75) is 25.8 Å². The minimum atomic E-state index is -0.228. The molecule has 0 spiro atoms. The molecule has 5 nitrogen and oxygen atoms in total. The normalized spacial score (nSPS) is 13.0. The van der Waals surface area contributed by atoms with E-state index >= 15 is 0 Å². The number of rotatable bonds is 3. The highest BCUT2D eigenvalue weighted by molar-refractivity contribution is 6.31. The maximum atomic E-state index is 6.21. The Morgan fingerprint density at radius 1 is 1.35 bits per heavy atom. The summed E-state index contributed by atoms with van der Waals surface area (Å²) in [5.41, 5.74) is 1.75. The van der Waals surface area contributed by atoms with Gasteiger partial charge < -0.3 is 9.09 Å². The van der Waals surface area contributed by atoms with Crippen molar-refractivity contribution in [3.05, 3.63) is 40.8 Å². The lowest BCUT2D eigenvalue weighted by Crippen LogP contribution is -2.07. The van der Waals surface area contributed by atoms with Crippen molar-refractivity contribution >= 4 is 34.2 Å².